The number of ether oxygens (including phenoxy) is 1. The first-order chi connectivity index (χ1) is 9.20. The number of carbonyl (C=O) groups is 2. The van der Waals surface area contributed by atoms with E-state index in [4.69, 9.17) is 4.42 Å². The minimum atomic E-state index is -0.504. The second-order valence-electron chi connectivity index (χ2n) is 3.58. The number of benzene rings is 1. The summed E-state index contributed by atoms with van der Waals surface area (Å²) in [7, 11) is 1.26. The molecule has 1 amide bonds. The fourth-order valence-corrected chi connectivity index (χ4v) is 1.39. The topological polar surface area (TPSA) is 94.3 Å². The second-order valence-corrected chi connectivity index (χ2v) is 3.58. The number of carbonyl (C=O) groups excluding carboxylic acids is 2. The van der Waals surface area contributed by atoms with Gasteiger partial charge in [-0.25, -0.2) is 0 Å². The Labute approximate surface area is 108 Å². The van der Waals surface area contributed by atoms with E-state index in [-0.39, 0.29) is 12.5 Å². The summed E-state index contributed by atoms with van der Waals surface area (Å²) in [5.41, 5.74) is 1.13. The average Bonchev–Trinajstić information content (AvgIpc) is 2.98. The molecule has 2 aromatic rings. The van der Waals surface area contributed by atoms with Gasteiger partial charge in [0.2, 0.25) is 12.3 Å². The summed E-state index contributed by atoms with van der Waals surface area (Å²) in [5.74, 6) is -0.486. The first-order valence-corrected chi connectivity index (χ1v) is 5.42. The van der Waals surface area contributed by atoms with E-state index in [9.17, 15) is 9.59 Å². The molecule has 7 heteroatoms. The van der Waals surface area contributed by atoms with E-state index < -0.39 is 5.97 Å². The average molecular weight is 261 g/mol. The molecule has 0 aliphatic heterocycles. The zero-order chi connectivity index (χ0) is 13.7. The molecule has 0 fully saturated rings. The van der Waals surface area contributed by atoms with Gasteiger partial charge in [0.25, 0.3) is 5.91 Å². The van der Waals surface area contributed by atoms with Gasteiger partial charge in [0, 0.05) is 11.1 Å². The Morgan fingerprint density at radius 2 is 2.05 bits per heavy atom. The number of hydrogen-bond acceptors (Lipinski definition) is 6. The summed E-state index contributed by atoms with van der Waals surface area (Å²) < 4.78 is 9.45. The number of rotatable bonds is 4. The Morgan fingerprint density at radius 1 is 1.32 bits per heavy atom. The second kappa shape index (κ2) is 5.76. The molecule has 0 unspecified atom stereocenters. The lowest BCUT2D eigenvalue weighted by Crippen LogP contribution is -2.30. The molecule has 0 aliphatic rings. The molecule has 1 aromatic carbocycles. The molecular formula is C12H11N3O4. The molecule has 0 atom stereocenters. The third kappa shape index (κ3) is 3.15. The lowest BCUT2D eigenvalue weighted by atomic mass is 10.1. The molecular weight excluding hydrogens is 250 g/mol. The van der Waals surface area contributed by atoms with Crippen molar-refractivity contribution in [2.24, 2.45) is 0 Å². The molecule has 0 spiro atoms. The van der Waals surface area contributed by atoms with Gasteiger partial charge in [-0.2, -0.15) is 0 Å². The first-order valence-electron chi connectivity index (χ1n) is 5.42. The smallest absolute Gasteiger partial charge is 0.325 e. The van der Waals surface area contributed by atoms with Gasteiger partial charge in [-0.1, -0.05) is 0 Å². The van der Waals surface area contributed by atoms with E-state index in [1.165, 1.54) is 13.5 Å². The predicted octanol–water partition coefficient (Wildman–Crippen LogP) is 0.639. The summed E-state index contributed by atoms with van der Waals surface area (Å²) in [6.45, 7) is -0.166. The molecule has 7 nitrogen and oxygen atoms in total. The summed E-state index contributed by atoms with van der Waals surface area (Å²) in [6.07, 6.45) is 1.23. The Morgan fingerprint density at radius 3 is 2.63 bits per heavy atom. The van der Waals surface area contributed by atoms with Crippen molar-refractivity contribution in [3.63, 3.8) is 0 Å². The van der Waals surface area contributed by atoms with Crippen LogP contribution in [0.1, 0.15) is 10.4 Å². The van der Waals surface area contributed by atoms with Gasteiger partial charge in [-0.3, -0.25) is 9.59 Å². The minimum absolute atomic E-state index is 0.166. The number of aromatic nitrogens is 2. The highest BCUT2D eigenvalue weighted by atomic mass is 16.5. The van der Waals surface area contributed by atoms with Gasteiger partial charge in [-0.15, -0.1) is 10.2 Å². The maximum absolute atomic E-state index is 11.7. The van der Waals surface area contributed by atoms with Crippen LogP contribution in [0.5, 0.6) is 0 Å². The van der Waals surface area contributed by atoms with Gasteiger partial charge in [0.1, 0.15) is 6.54 Å². The maximum Gasteiger partial charge on any atom is 0.325 e. The molecule has 98 valence electrons. The number of esters is 1. The van der Waals surface area contributed by atoms with Crippen molar-refractivity contribution in [3.05, 3.63) is 36.2 Å². The summed E-state index contributed by atoms with van der Waals surface area (Å²) in [6, 6.07) is 6.57. The van der Waals surface area contributed by atoms with Crippen LogP contribution in [0.4, 0.5) is 0 Å². The van der Waals surface area contributed by atoms with E-state index in [1.807, 2.05) is 0 Å². The Kier molecular flexibility index (Phi) is 3.87. The van der Waals surface area contributed by atoms with E-state index in [0.717, 1.165) is 0 Å². The molecule has 0 saturated carbocycles. The van der Waals surface area contributed by atoms with Crippen molar-refractivity contribution >= 4 is 11.9 Å². The van der Waals surface area contributed by atoms with E-state index in [0.29, 0.717) is 17.0 Å². The van der Waals surface area contributed by atoms with Crippen LogP contribution in [-0.2, 0) is 9.53 Å². The lowest BCUT2D eigenvalue weighted by Gasteiger charge is -2.04. The molecule has 0 radical (unpaired) electrons. The largest absolute Gasteiger partial charge is 0.468 e. The zero-order valence-electron chi connectivity index (χ0n) is 10.1. The molecule has 0 saturated heterocycles. The fourth-order valence-electron chi connectivity index (χ4n) is 1.39. The number of nitrogens with zero attached hydrogens (tertiary/aromatic N) is 2. The highest BCUT2D eigenvalue weighted by Crippen LogP contribution is 2.16. The van der Waals surface area contributed by atoms with Gasteiger partial charge < -0.3 is 14.5 Å². The third-order valence-corrected chi connectivity index (χ3v) is 2.38. The van der Waals surface area contributed by atoms with Gasteiger partial charge >= 0.3 is 5.97 Å². The molecule has 1 N–H and O–H groups in total. The molecule has 1 heterocycles. The minimum Gasteiger partial charge on any atom is -0.468 e. The quantitative estimate of drug-likeness (QED) is 0.811. The predicted molar refractivity (Wildman–Crippen MR) is 64.1 cm³/mol. The molecule has 0 aliphatic carbocycles. The van der Waals surface area contributed by atoms with Crippen LogP contribution in [0.2, 0.25) is 0 Å². The lowest BCUT2D eigenvalue weighted by molar-refractivity contribution is -0.139. The van der Waals surface area contributed by atoms with Crippen molar-refractivity contribution in [2.45, 2.75) is 0 Å². The van der Waals surface area contributed by atoms with Crippen molar-refractivity contribution < 1.29 is 18.7 Å². The SMILES string of the molecule is COC(=O)CNC(=O)c1ccc(-c2nnco2)cc1. The van der Waals surface area contributed by atoms with Crippen LogP contribution >= 0.6 is 0 Å². The highest BCUT2D eigenvalue weighted by Gasteiger charge is 2.09. The normalized spacial score (nSPS) is 9.95. The van der Waals surface area contributed by atoms with Crippen LogP contribution in [0, 0.1) is 0 Å². The number of methoxy groups -OCH3 is 1. The van der Waals surface area contributed by atoms with Crippen molar-refractivity contribution in [2.75, 3.05) is 13.7 Å². The Balaban J connectivity index is 2.02. The van der Waals surface area contributed by atoms with Crippen molar-refractivity contribution in [3.8, 4) is 11.5 Å². The summed E-state index contributed by atoms with van der Waals surface area (Å²) in [4.78, 5) is 22.6. The van der Waals surface area contributed by atoms with Crippen LogP contribution < -0.4 is 5.32 Å². The summed E-state index contributed by atoms with van der Waals surface area (Å²) in [5, 5.41) is 9.76. The number of amides is 1. The van der Waals surface area contributed by atoms with Crippen LogP contribution in [0.3, 0.4) is 0 Å². The maximum atomic E-state index is 11.7. The van der Waals surface area contributed by atoms with Crippen molar-refractivity contribution in [1.82, 2.24) is 15.5 Å². The molecule has 19 heavy (non-hydrogen) atoms. The van der Waals surface area contributed by atoms with E-state index in [1.54, 1.807) is 24.3 Å². The molecule has 1 aromatic heterocycles. The Bertz CT molecular complexity index is 563. The van der Waals surface area contributed by atoms with E-state index in [2.05, 4.69) is 20.3 Å². The molecule has 2 rings (SSSR count). The van der Waals surface area contributed by atoms with E-state index >= 15 is 0 Å². The van der Waals surface area contributed by atoms with Gasteiger partial charge in [-0.05, 0) is 24.3 Å². The third-order valence-electron chi connectivity index (χ3n) is 2.38. The fraction of sp³-hybridized carbons (Fsp3) is 0.167. The van der Waals surface area contributed by atoms with Gasteiger partial charge in [0.05, 0.1) is 7.11 Å². The van der Waals surface area contributed by atoms with Crippen LogP contribution in [-0.4, -0.2) is 35.7 Å². The van der Waals surface area contributed by atoms with Crippen molar-refractivity contribution in [1.29, 1.82) is 0 Å². The summed E-state index contributed by atoms with van der Waals surface area (Å²) >= 11 is 0. The Hall–Kier alpha value is -2.70. The number of hydrogen-bond donors (Lipinski definition) is 1. The standard InChI is InChI=1S/C12H11N3O4/c1-18-10(16)6-13-11(17)8-2-4-9(5-3-8)12-15-14-7-19-12/h2-5,7H,6H2,1H3,(H,13,17). The van der Waals surface area contributed by atoms with Crippen LogP contribution in [0.15, 0.2) is 35.1 Å². The van der Waals surface area contributed by atoms with Gasteiger partial charge in [0.15, 0.2) is 0 Å². The molecule has 0 bridgehead atoms. The first kappa shape index (κ1) is 12.7. The number of nitrogens with one attached hydrogen (secondary N) is 1. The monoisotopic (exact) mass is 261 g/mol. The van der Waals surface area contributed by atoms with Crippen LogP contribution in [0.25, 0.3) is 11.5 Å². The zero-order valence-corrected chi connectivity index (χ0v) is 10.1. The highest BCUT2D eigenvalue weighted by molar-refractivity contribution is 5.96.